The van der Waals surface area contributed by atoms with Crippen molar-refractivity contribution in [2.75, 3.05) is 19.9 Å². The molecule has 0 aliphatic rings. The predicted octanol–water partition coefficient (Wildman–Crippen LogP) is 2.88. The molecule has 0 aliphatic carbocycles. The van der Waals surface area contributed by atoms with E-state index in [9.17, 15) is 9.90 Å². The molecule has 0 radical (unpaired) electrons. The SMILES string of the molecule is COc1ccc(C(=O)NCC(O)c2ccc(SC)cc2)cc1. The highest BCUT2D eigenvalue weighted by atomic mass is 32.2. The van der Waals surface area contributed by atoms with Crippen LogP contribution in [0.5, 0.6) is 5.75 Å². The Labute approximate surface area is 134 Å². The average molecular weight is 317 g/mol. The van der Waals surface area contributed by atoms with Crippen LogP contribution in [0.15, 0.2) is 53.4 Å². The molecule has 0 aromatic heterocycles. The number of thioether (sulfide) groups is 1. The van der Waals surface area contributed by atoms with Gasteiger partial charge in [-0.1, -0.05) is 12.1 Å². The fraction of sp³-hybridized carbons (Fsp3) is 0.235. The fourth-order valence-electron chi connectivity index (χ4n) is 1.98. The number of nitrogens with one attached hydrogen (secondary N) is 1. The van der Waals surface area contributed by atoms with Gasteiger partial charge >= 0.3 is 0 Å². The highest BCUT2D eigenvalue weighted by Crippen LogP contribution is 2.19. The molecule has 0 spiro atoms. The topological polar surface area (TPSA) is 58.6 Å². The monoisotopic (exact) mass is 317 g/mol. The molecule has 22 heavy (non-hydrogen) atoms. The zero-order chi connectivity index (χ0) is 15.9. The van der Waals surface area contributed by atoms with Crippen LogP contribution in [0.3, 0.4) is 0 Å². The first-order valence-corrected chi connectivity index (χ1v) is 8.11. The second-order valence-electron chi connectivity index (χ2n) is 4.73. The Morgan fingerprint density at radius 1 is 1.18 bits per heavy atom. The second kappa shape index (κ2) is 7.87. The molecule has 1 unspecified atom stereocenters. The molecule has 0 bridgehead atoms. The molecular weight excluding hydrogens is 298 g/mol. The van der Waals surface area contributed by atoms with Gasteiger partial charge in [0.15, 0.2) is 0 Å². The van der Waals surface area contributed by atoms with E-state index in [1.54, 1.807) is 43.1 Å². The Hall–Kier alpha value is -1.98. The lowest BCUT2D eigenvalue weighted by atomic mass is 10.1. The Balaban J connectivity index is 1.91. The molecule has 116 valence electrons. The molecule has 2 N–H and O–H groups in total. The maximum absolute atomic E-state index is 12.0. The van der Waals surface area contributed by atoms with Crippen LogP contribution in [0.1, 0.15) is 22.0 Å². The standard InChI is InChI=1S/C17H19NO3S/c1-21-14-7-3-13(4-8-14)17(20)18-11-16(19)12-5-9-15(22-2)10-6-12/h3-10,16,19H,11H2,1-2H3,(H,18,20). The lowest BCUT2D eigenvalue weighted by Gasteiger charge is -2.13. The fourth-order valence-corrected chi connectivity index (χ4v) is 2.39. The molecule has 2 aromatic carbocycles. The second-order valence-corrected chi connectivity index (χ2v) is 5.61. The molecule has 0 saturated heterocycles. The molecule has 4 nitrogen and oxygen atoms in total. The van der Waals surface area contributed by atoms with E-state index in [1.807, 2.05) is 30.5 Å². The maximum atomic E-state index is 12.0. The van der Waals surface area contributed by atoms with Crippen molar-refractivity contribution in [3.63, 3.8) is 0 Å². The van der Waals surface area contributed by atoms with Gasteiger partial charge in [-0.25, -0.2) is 0 Å². The number of methoxy groups -OCH3 is 1. The zero-order valence-electron chi connectivity index (χ0n) is 12.6. The van der Waals surface area contributed by atoms with Crippen LogP contribution in [-0.4, -0.2) is 30.9 Å². The summed E-state index contributed by atoms with van der Waals surface area (Å²) in [6.45, 7) is 0.170. The molecular formula is C17H19NO3S. The average Bonchev–Trinajstić information content (AvgIpc) is 2.59. The van der Waals surface area contributed by atoms with Crippen molar-refractivity contribution in [1.29, 1.82) is 0 Å². The number of aliphatic hydroxyl groups is 1. The largest absolute Gasteiger partial charge is 0.497 e. The summed E-state index contributed by atoms with van der Waals surface area (Å²) >= 11 is 1.65. The van der Waals surface area contributed by atoms with E-state index in [0.717, 1.165) is 10.5 Å². The first kappa shape index (κ1) is 16.4. The van der Waals surface area contributed by atoms with E-state index in [0.29, 0.717) is 11.3 Å². The third-order valence-corrected chi connectivity index (χ3v) is 4.05. The van der Waals surface area contributed by atoms with Gasteiger partial charge in [0.2, 0.25) is 0 Å². The first-order chi connectivity index (χ1) is 10.6. The van der Waals surface area contributed by atoms with Crippen LogP contribution in [0.4, 0.5) is 0 Å². The number of amides is 1. The summed E-state index contributed by atoms with van der Waals surface area (Å²) in [4.78, 5) is 13.2. The van der Waals surface area contributed by atoms with Crippen molar-refractivity contribution in [1.82, 2.24) is 5.32 Å². The summed E-state index contributed by atoms with van der Waals surface area (Å²) in [5.41, 5.74) is 1.32. The molecule has 1 amide bonds. The summed E-state index contributed by atoms with van der Waals surface area (Å²) in [7, 11) is 1.58. The molecule has 1 atom stereocenters. The van der Waals surface area contributed by atoms with Gasteiger partial charge in [-0.3, -0.25) is 4.79 Å². The van der Waals surface area contributed by atoms with E-state index in [2.05, 4.69) is 5.32 Å². The van der Waals surface area contributed by atoms with Crippen molar-refractivity contribution in [3.05, 3.63) is 59.7 Å². The van der Waals surface area contributed by atoms with Crippen LogP contribution >= 0.6 is 11.8 Å². The number of carbonyl (C=O) groups is 1. The van der Waals surface area contributed by atoms with E-state index in [-0.39, 0.29) is 12.5 Å². The zero-order valence-corrected chi connectivity index (χ0v) is 13.4. The first-order valence-electron chi connectivity index (χ1n) is 6.88. The molecule has 2 rings (SSSR count). The normalized spacial score (nSPS) is 11.8. The van der Waals surface area contributed by atoms with Gasteiger partial charge in [0, 0.05) is 17.0 Å². The Morgan fingerprint density at radius 2 is 1.82 bits per heavy atom. The lowest BCUT2D eigenvalue weighted by Crippen LogP contribution is -2.28. The van der Waals surface area contributed by atoms with Crippen molar-refractivity contribution < 1.29 is 14.6 Å². The van der Waals surface area contributed by atoms with Crippen LogP contribution in [0, 0.1) is 0 Å². The molecule has 0 saturated carbocycles. The quantitative estimate of drug-likeness (QED) is 0.804. The summed E-state index contributed by atoms with van der Waals surface area (Å²) in [6, 6.07) is 14.5. The van der Waals surface area contributed by atoms with Crippen molar-refractivity contribution >= 4 is 17.7 Å². The van der Waals surface area contributed by atoms with Crippen molar-refractivity contribution in [2.24, 2.45) is 0 Å². The van der Waals surface area contributed by atoms with E-state index in [4.69, 9.17) is 4.74 Å². The number of hydrogen-bond acceptors (Lipinski definition) is 4. The third-order valence-electron chi connectivity index (χ3n) is 3.31. The molecule has 2 aromatic rings. The van der Waals surface area contributed by atoms with Crippen LogP contribution in [0.25, 0.3) is 0 Å². The van der Waals surface area contributed by atoms with Gasteiger partial charge in [0.05, 0.1) is 13.2 Å². The predicted molar refractivity (Wildman–Crippen MR) is 88.5 cm³/mol. The number of ether oxygens (including phenoxy) is 1. The van der Waals surface area contributed by atoms with Crippen molar-refractivity contribution in [3.8, 4) is 5.75 Å². The number of aliphatic hydroxyl groups excluding tert-OH is 1. The van der Waals surface area contributed by atoms with Crippen molar-refractivity contribution in [2.45, 2.75) is 11.0 Å². The summed E-state index contributed by atoms with van der Waals surface area (Å²) in [6.07, 6.45) is 1.28. The van der Waals surface area contributed by atoms with Crippen LogP contribution < -0.4 is 10.1 Å². The summed E-state index contributed by atoms with van der Waals surface area (Å²) < 4.78 is 5.05. The van der Waals surface area contributed by atoms with E-state index in [1.165, 1.54) is 0 Å². The summed E-state index contributed by atoms with van der Waals surface area (Å²) in [5.74, 6) is 0.480. The smallest absolute Gasteiger partial charge is 0.251 e. The Bertz CT molecular complexity index is 611. The lowest BCUT2D eigenvalue weighted by molar-refractivity contribution is 0.0916. The number of rotatable bonds is 6. The molecule has 5 heteroatoms. The maximum Gasteiger partial charge on any atom is 0.251 e. The van der Waals surface area contributed by atoms with Gasteiger partial charge in [0.1, 0.15) is 5.75 Å². The minimum absolute atomic E-state index is 0.170. The van der Waals surface area contributed by atoms with E-state index >= 15 is 0 Å². The summed E-state index contributed by atoms with van der Waals surface area (Å²) in [5, 5.41) is 12.8. The highest BCUT2D eigenvalue weighted by Gasteiger charge is 2.11. The minimum Gasteiger partial charge on any atom is -0.497 e. The Morgan fingerprint density at radius 3 is 2.36 bits per heavy atom. The van der Waals surface area contributed by atoms with E-state index < -0.39 is 6.10 Å². The highest BCUT2D eigenvalue weighted by molar-refractivity contribution is 7.98. The van der Waals surface area contributed by atoms with Gasteiger partial charge in [0.25, 0.3) is 5.91 Å². The third kappa shape index (κ3) is 4.26. The number of carbonyl (C=O) groups excluding carboxylic acids is 1. The van der Waals surface area contributed by atoms with Gasteiger partial charge in [-0.15, -0.1) is 11.8 Å². The molecule has 0 aliphatic heterocycles. The molecule has 0 heterocycles. The van der Waals surface area contributed by atoms with Crippen LogP contribution in [-0.2, 0) is 0 Å². The van der Waals surface area contributed by atoms with Gasteiger partial charge in [-0.05, 0) is 48.2 Å². The molecule has 0 fully saturated rings. The van der Waals surface area contributed by atoms with Crippen LogP contribution in [0.2, 0.25) is 0 Å². The number of benzene rings is 2. The Kier molecular flexibility index (Phi) is 5.86. The van der Waals surface area contributed by atoms with Gasteiger partial charge in [-0.2, -0.15) is 0 Å². The number of hydrogen-bond donors (Lipinski definition) is 2. The minimum atomic E-state index is -0.724. The van der Waals surface area contributed by atoms with Gasteiger partial charge < -0.3 is 15.2 Å².